The lowest BCUT2D eigenvalue weighted by Crippen LogP contribution is -2.27. The second kappa shape index (κ2) is 10.8. The van der Waals surface area contributed by atoms with E-state index < -0.39 is 21.8 Å². The first-order valence-electron chi connectivity index (χ1n) is 11.7. The molecule has 0 atom stereocenters. The lowest BCUT2D eigenvalue weighted by atomic mass is 9.96. The van der Waals surface area contributed by atoms with E-state index in [9.17, 15) is 21.6 Å². The van der Waals surface area contributed by atoms with E-state index in [0.29, 0.717) is 62.1 Å². The molecule has 0 unspecified atom stereocenters. The number of unbranched alkanes of at least 4 members (excludes halogenated alkanes) is 1. The maximum absolute atomic E-state index is 13.9. The van der Waals surface area contributed by atoms with Gasteiger partial charge >= 0.3 is 6.18 Å². The highest BCUT2D eigenvalue weighted by Gasteiger charge is 2.35. The Kier molecular flexibility index (Phi) is 7.79. The fourth-order valence-corrected chi connectivity index (χ4v) is 5.18. The number of aryl methyl sites for hydroxylation is 1. The zero-order valence-electron chi connectivity index (χ0n) is 19.5. The predicted molar refractivity (Wildman–Crippen MR) is 131 cm³/mol. The molecule has 3 aromatic rings. The van der Waals surface area contributed by atoms with Crippen molar-refractivity contribution in [2.75, 3.05) is 29.3 Å². The number of pyridine rings is 2. The Hall–Kier alpha value is -3.18. The summed E-state index contributed by atoms with van der Waals surface area (Å²) in [7, 11) is -4.22. The molecule has 0 saturated heterocycles. The molecule has 1 aliphatic rings. The van der Waals surface area contributed by atoms with E-state index in [1.54, 1.807) is 36.4 Å². The summed E-state index contributed by atoms with van der Waals surface area (Å²) in [5.41, 5.74) is -0.229. The number of aliphatic hydroxyl groups excluding tert-OH is 1. The molecule has 1 aliphatic heterocycles. The molecule has 2 N–H and O–H groups in total. The van der Waals surface area contributed by atoms with Crippen molar-refractivity contribution < 1.29 is 26.7 Å². The van der Waals surface area contributed by atoms with Gasteiger partial charge in [0.2, 0.25) is 0 Å². The average Bonchev–Trinajstić information content (AvgIpc) is 2.84. The van der Waals surface area contributed by atoms with Crippen LogP contribution in [-0.2, 0) is 22.6 Å². The van der Waals surface area contributed by atoms with Gasteiger partial charge in [0.05, 0.1) is 11.3 Å². The third-order valence-corrected chi connectivity index (χ3v) is 7.24. The monoisotopic (exact) mass is 520 g/mol. The predicted octanol–water partition coefficient (Wildman–Crippen LogP) is 4.88. The number of alkyl halides is 3. The molecule has 3 heterocycles. The van der Waals surface area contributed by atoms with Crippen molar-refractivity contribution in [2.24, 2.45) is 0 Å². The van der Waals surface area contributed by atoms with Crippen molar-refractivity contribution in [3.05, 3.63) is 65.7 Å². The van der Waals surface area contributed by atoms with E-state index in [1.165, 1.54) is 6.07 Å². The van der Waals surface area contributed by atoms with E-state index in [4.69, 9.17) is 5.11 Å². The van der Waals surface area contributed by atoms with Crippen LogP contribution in [0.15, 0.2) is 59.6 Å². The largest absolute Gasteiger partial charge is 0.418 e. The number of rotatable bonds is 4. The smallest absolute Gasteiger partial charge is 0.396 e. The Labute approximate surface area is 208 Å². The number of halogens is 3. The minimum atomic E-state index is -4.67. The number of nitrogens with zero attached hydrogens (tertiary/aromatic N) is 3. The molecule has 192 valence electrons. The van der Waals surface area contributed by atoms with Gasteiger partial charge in [-0.3, -0.25) is 4.72 Å². The fraction of sp³-hybridized carbons (Fsp3) is 0.360. The van der Waals surface area contributed by atoms with Crippen molar-refractivity contribution in [1.82, 2.24) is 9.97 Å². The van der Waals surface area contributed by atoms with Gasteiger partial charge in [0, 0.05) is 25.3 Å². The number of hydrogen-bond donors (Lipinski definition) is 2. The van der Waals surface area contributed by atoms with Crippen molar-refractivity contribution in [1.29, 1.82) is 0 Å². The first-order valence-corrected chi connectivity index (χ1v) is 13.2. The number of benzene rings is 1. The van der Waals surface area contributed by atoms with Crippen LogP contribution in [0.25, 0.3) is 11.3 Å². The zero-order valence-corrected chi connectivity index (χ0v) is 20.3. The van der Waals surface area contributed by atoms with Crippen LogP contribution in [0.5, 0.6) is 0 Å². The first-order chi connectivity index (χ1) is 17.2. The number of sulfonamides is 1. The summed E-state index contributed by atoms with van der Waals surface area (Å²) >= 11 is 0. The van der Waals surface area contributed by atoms with Crippen LogP contribution in [0.1, 0.15) is 36.8 Å². The van der Waals surface area contributed by atoms with E-state index in [0.717, 1.165) is 12.1 Å². The quantitative estimate of drug-likeness (QED) is 0.476. The fourth-order valence-electron chi connectivity index (χ4n) is 4.21. The van der Waals surface area contributed by atoms with E-state index >= 15 is 0 Å². The molecule has 4 bridgehead atoms. The van der Waals surface area contributed by atoms with E-state index in [1.807, 2.05) is 4.90 Å². The van der Waals surface area contributed by atoms with Gasteiger partial charge in [-0.2, -0.15) is 21.6 Å². The highest BCUT2D eigenvalue weighted by atomic mass is 32.2. The minimum absolute atomic E-state index is 0.0573. The van der Waals surface area contributed by atoms with Crippen LogP contribution in [0, 0.1) is 0 Å². The average molecular weight is 521 g/mol. The minimum Gasteiger partial charge on any atom is -0.396 e. The molecule has 7 nitrogen and oxygen atoms in total. The second-order valence-corrected chi connectivity index (χ2v) is 10.2. The van der Waals surface area contributed by atoms with Crippen molar-refractivity contribution in [2.45, 2.75) is 43.3 Å². The maximum Gasteiger partial charge on any atom is 0.418 e. The summed E-state index contributed by atoms with van der Waals surface area (Å²) in [5.74, 6) is 0.252. The third-order valence-electron chi connectivity index (χ3n) is 5.98. The molecule has 0 aliphatic carbocycles. The summed E-state index contributed by atoms with van der Waals surface area (Å²) in [6.45, 7) is 1.22. The Morgan fingerprint density at radius 1 is 0.972 bits per heavy atom. The van der Waals surface area contributed by atoms with Crippen LogP contribution in [-0.4, -0.2) is 43.2 Å². The van der Waals surface area contributed by atoms with Gasteiger partial charge < -0.3 is 10.0 Å². The topological polar surface area (TPSA) is 95.4 Å². The third kappa shape index (κ3) is 5.96. The van der Waals surface area contributed by atoms with Crippen LogP contribution in [0.4, 0.5) is 24.8 Å². The second-order valence-electron chi connectivity index (χ2n) is 8.56. The summed E-state index contributed by atoms with van der Waals surface area (Å²) in [6, 6.07) is 13.3. The molecule has 0 saturated carbocycles. The Morgan fingerprint density at radius 2 is 1.78 bits per heavy atom. The molecule has 0 amide bonds. The van der Waals surface area contributed by atoms with Gasteiger partial charge in [-0.1, -0.05) is 30.3 Å². The molecule has 1 aromatic carbocycles. The first kappa shape index (κ1) is 25.9. The normalized spacial score (nSPS) is 15.8. The Balaban J connectivity index is 1.81. The van der Waals surface area contributed by atoms with Crippen LogP contribution in [0.2, 0.25) is 0 Å². The standard InChI is InChI=1S/C25H27F3N4O3S/c26-25(27,28)20-13-14-21-29-24(20)19-10-2-1-8-18(19)9-3-4-15-32(16-5-6-17-33)22-11-7-12-23(30-22)36(34,35)31-21/h1-2,7-8,10-14,33H,3-6,9,15-17H2,(H,29,31). The van der Waals surface area contributed by atoms with E-state index in [2.05, 4.69) is 14.7 Å². The lowest BCUT2D eigenvalue weighted by molar-refractivity contribution is -0.137. The van der Waals surface area contributed by atoms with Crippen LogP contribution in [0.3, 0.4) is 0 Å². The number of fused-ring (bicyclic) bond motifs is 6. The number of aliphatic hydroxyl groups is 1. The van der Waals surface area contributed by atoms with Crippen molar-refractivity contribution in [3.63, 3.8) is 0 Å². The molecular formula is C25H27F3N4O3S. The Morgan fingerprint density at radius 3 is 2.56 bits per heavy atom. The summed E-state index contributed by atoms with van der Waals surface area (Å²) in [4.78, 5) is 10.4. The molecule has 4 rings (SSSR count). The van der Waals surface area contributed by atoms with Crippen molar-refractivity contribution in [3.8, 4) is 11.3 Å². The zero-order chi connectivity index (χ0) is 25.8. The SMILES string of the molecule is O=S1(=O)Nc2ccc(C(F)(F)F)c(n2)-c2ccccc2CCCCN(CCCCO)c2cccc1n2. The van der Waals surface area contributed by atoms with Crippen molar-refractivity contribution >= 4 is 21.7 Å². The Bertz CT molecular complexity index is 1320. The number of aromatic nitrogens is 2. The molecule has 0 spiro atoms. The van der Waals surface area contributed by atoms with Gasteiger partial charge in [0.1, 0.15) is 11.6 Å². The number of anilines is 2. The van der Waals surface area contributed by atoms with Gasteiger partial charge in [0.15, 0.2) is 5.03 Å². The summed E-state index contributed by atoms with van der Waals surface area (Å²) in [5, 5.41) is 8.90. The number of nitrogens with one attached hydrogen (secondary N) is 1. The highest BCUT2D eigenvalue weighted by Crippen LogP contribution is 2.38. The summed E-state index contributed by atoms with van der Waals surface area (Å²) in [6.07, 6.45) is -1.42. The van der Waals surface area contributed by atoms with Gasteiger partial charge in [-0.15, -0.1) is 0 Å². The molecule has 2 aromatic heterocycles. The van der Waals surface area contributed by atoms with Gasteiger partial charge in [-0.25, -0.2) is 9.97 Å². The summed E-state index contributed by atoms with van der Waals surface area (Å²) < 4.78 is 70.1. The highest BCUT2D eigenvalue weighted by molar-refractivity contribution is 7.92. The van der Waals surface area contributed by atoms with Crippen LogP contribution >= 0.6 is 0 Å². The van der Waals surface area contributed by atoms with E-state index in [-0.39, 0.29) is 23.1 Å². The number of hydrogen-bond acceptors (Lipinski definition) is 6. The van der Waals surface area contributed by atoms with Crippen LogP contribution < -0.4 is 9.62 Å². The molecule has 0 fully saturated rings. The van der Waals surface area contributed by atoms with Gasteiger partial charge in [-0.05, 0) is 61.9 Å². The lowest BCUT2D eigenvalue weighted by Gasteiger charge is -2.24. The molecular weight excluding hydrogens is 493 g/mol. The molecule has 36 heavy (non-hydrogen) atoms. The molecule has 0 radical (unpaired) electrons. The molecule has 11 heteroatoms. The maximum atomic E-state index is 13.9. The van der Waals surface area contributed by atoms with Gasteiger partial charge in [0.25, 0.3) is 10.0 Å².